The number of non-ortho nitro benzene ring substituents is 1. The van der Waals surface area contributed by atoms with E-state index in [4.69, 9.17) is 0 Å². The van der Waals surface area contributed by atoms with Crippen molar-refractivity contribution in [1.29, 1.82) is 5.26 Å². The van der Waals surface area contributed by atoms with Crippen LogP contribution in [0.3, 0.4) is 0 Å². The molecule has 21 heavy (non-hydrogen) atoms. The first-order valence-corrected chi connectivity index (χ1v) is 7.49. The number of halogens is 1. The Bertz CT molecular complexity index is 589. The fourth-order valence-corrected chi connectivity index (χ4v) is 3.06. The molecule has 1 aromatic carbocycles. The quantitative estimate of drug-likeness (QED) is 0.617. The van der Waals surface area contributed by atoms with E-state index in [1.807, 2.05) is 13.8 Å². The van der Waals surface area contributed by atoms with Crippen LogP contribution in [-0.4, -0.2) is 41.5 Å². The maximum Gasteiger partial charge on any atom is 0.270 e. The van der Waals surface area contributed by atoms with Crippen LogP contribution in [0.5, 0.6) is 0 Å². The fourth-order valence-electron chi connectivity index (χ4n) is 2.44. The fraction of sp³-hybridized carbons (Fsp3) is 0.500. The van der Waals surface area contributed by atoms with Gasteiger partial charge >= 0.3 is 0 Å². The Balaban J connectivity index is 2.10. The van der Waals surface area contributed by atoms with Crippen LogP contribution in [0.25, 0.3) is 0 Å². The van der Waals surface area contributed by atoms with E-state index in [1.54, 1.807) is 6.07 Å². The van der Waals surface area contributed by atoms with Crippen LogP contribution in [-0.2, 0) is 0 Å². The zero-order valence-corrected chi connectivity index (χ0v) is 13.6. The van der Waals surface area contributed by atoms with Gasteiger partial charge in [0.2, 0.25) is 0 Å². The number of hydrogen-bond donors (Lipinski definition) is 0. The van der Waals surface area contributed by atoms with E-state index in [1.165, 1.54) is 12.1 Å². The summed E-state index contributed by atoms with van der Waals surface area (Å²) >= 11 is 3.41. The van der Waals surface area contributed by atoms with E-state index in [0.29, 0.717) is 0 Å². The van der Waals surface area contributed by atoms with Gasteiger partial charge in [0.25, 0.3) is 5.69 Å². The average molecular weight is 353 g/mol. The van der Waals surface area contributed by atoms with E-state index in [-0.39, 0.29) is 5.69 Å². The minimum Gasteiger partial charge on any atom is -0.368 e. The van der Waals surface area contributed by atoms with Crippen LogP contribution < -0.4 is 4.90 Å². The number of piperazine rings is 1. The molecule has 1 fully saturated rings. The number of nitrogens with zero attached hydrogens (tertiary/aromatic N) is 4. The Kier molecular flexibility index (Phi) is 4.49. The van der Waals surface area contributed by atoms with Crippen molar-refractivity contribution < 1.29 is 4.92 Å². The highest BCUT2D eigenvalue weighted by molar-refractivity contribution is 9.10. The maximum absolute atomic E-state index is 10.8. The molecule has 112 valence electrons. The zero-order valence-electron chi connectivity index (χ0n) is 12.0. The van der Waals surface area contributed by atoms with E-state index in [0.717, 1.165) is 36.3 Å². The Morgan fingerprint density at radius 2 is 1.95 bits per heavy atom. The predicted octanol–water partition coefficient (Wildman–Crippen LogP) is 2.78. The van der Waals surface area contributed by atoms with Gasteiger partial charge in [0.1, 0.15) is 5.54 Å². The van der Waals surface area contributed by atoms with Gasteiger partial charge in [0.05, 0.1) is 16.7 Å². The molecule has 0 aromatic heterocycles. The first-order chi connectivity index (χ1) is 9.85. The lowest BCUT2D eigenvalue weighted by Crippen LogP contribution is -2.54. The number of nitro groups is 1. The average Bonchev–Trinajstić information content (AvgIpc) is 2.47. The molecule has 6 nitrogen and oxygen atoms in total. The topological polar surface area (TPSA) is 73.4 Å². The van der Waals surface area contributed by atoms with Gasteiger partial charge in [-0.3, -0.25) is 15.0 Å². The second kappa shape index (κ2) is 6.00. The summed E-state index contributed by atoms with van der Waals surface area (Å²) in [6.07, 6.45) is 0. The van der Waals surface area contributed by atoms with Crippen molar-refractivity contribution in [3.8, 4) is 6.07 Å². The van der Waals surface area contributed by atoms with Gasteiger partial charge in [-0.25, -0.2) is 0 Å². The summed E-state index contributed by atoms with van der Waals surface area (Å²) in [5.74, 6) is 0. The molecule has 1 saturated heterocycles. The normalized spacial score (nSPS) is 16.6. The predicted molar refractivity (Wildman–Crippen MR) is 84.3 cm³/mol. The minimum atomic E-state index is -0.460. The Morgan fingerprint density at radius 1 is 1.33 bits per heavy atom. The van der Waals surface area contributed by atoms with Crippen molar-refractivity contribution in [2.24, 2.45) is 0 Å². The lowest BCUT2D eigenvalue weighted by atomic mass is 10.0. The SMILES string of the molecule is CC(C)(C#N)N1CCN(c2ccc([N+](=O)[O-])cc2Br)CC1. The van der Waals surface area contributed by atoms with Gasteiger partial charge in [-0.1, -0.05) is 0 Å². The summed E-state index contributed by atoms with van der Waals surface area (Å²) in [5.41, 5.74) is 0.573. The molecule has 7 heteroatoms. The molecule has 0 atom stereocenters. The smallest absolute Gasteiger partial charge is 0.270 e. The molecule has 0 N–H and O–H groups in total. The van der Waals surface area contributed by atoms with Crippen molar-refractivity contribution in [3.05, 3.63) is 32.8 Å². The molecule has 2 rings (SSSR count). The Morgan fingerprint density at radius 3 is 2.43 bits per heavy atom. The summed E-state index contributed by atoms with van der Waals surface area (Å²) in [7, 11) is 0. The number of benzene rings is 1. The summed E-state index contributed by atoms with van der Waals surface area (Å²) in [6, 6.07) is 7.14. The van der Waals surface area contributed by atoms with E-state index >= 15 is 0 Å². The first-order valence-electron chi connectivity index (χ1n) is 6.70. The molecule has 0 aliphatic carbocycles. The molecular weight excluding hydrogens is 336 g/mol. The highest BCUT2D eigenvalue weighted by Gasteiger charge is 2.30. The molecule has 0 bridgehead atoms. The second-order valence-corrected chi connectivity index (χ2v) is 6.39. The van der Waals surface area contributed by atoms with Crippen LogP contribution in [0.2, 0.25) is 0 Å². The van der Waals surface area contributed by atoms with Crippen molar-refractivity contribution in [2.75, 3.05) is 31.1 Å². The van der Waals surface area contributed by atoms with Crippen LogP contribution in [0, 0.1) is 21.4 Å². The number of hydrogen-bond acceptors (Lipinski definition) is 5. The highest BCUT2D eigenvalue weighted by atomic mass is 79.9. The number of rotatable bonds is 3. The third kappa shape index (κ3) is 3.34. The molecule has 0 spiro atoms. The summed E-state index contributed by atoms with van der Waals surface area (Å²) in [6.45, 7) is 7.02. The van der Waals surface area contributed by atoms with Gasteiger partial charge < -0.3 is 4.90 Å². The molecule has 1 heterocycles. The molecule has 1 aliphatic rings. The minimum absolute atomic E-state index is 0.0786. The highest BCUT2D eigenvalue weighted by Crippen LogP contribution is 2.31. The third-order valence-electron chi connectivity index (χ3n) is 3.83. The molecule has 0 unspecified atom stereocenters. The van der Waals surface area contributed by atoms with Gasteiger partial charge in [0, 0.05) is 42.8 Å². The molecule has 0 saturated carbocycles. The van der Waals surface area contributed by atoms with E-state index in [9.17, 15) is 15.4 Å². The summed E-state index contributed by atoms with van der Waals surface area (Å²) < 4.78 is 0.727. The zero-order chi connectivity index (χ0) is 15.6. The second-order valence-electron chi connectivity index (χ2n) is 5.54. The van der Waals surface area contributed by atoms with Crippen LogP contribution >= 0.6 is 15.9 Å². The van der Waals surface area contributed by atoms with E-state index in [2.05, 4.69) is 31.8 Å². The number of anilines is 1. The van der Waals surface area contributed by atoms with Crippen molar-refractivity contribution in [3.63, 3.8) is 0 Å². The molecule has 1 aromatic rings. The van der Waals surface area contributed by atoms with Crippen LogP contribution in [0.1, 0.15) is 13.8 Å². The maximum atomic E-state index is 10.8. The van der Waals surface area contributed by atoms with Crippen LogP contribution in [0.15, 0.2) is 22.7 Å². The lowest BCUT2D eigenvalue weighted by molar-refractivity contribution is -0.384. The first kappa shape index (κ1) is 15.7. The summed E-state index contributed by atoms with van der Waals surface area (Å²) in [4.78, 5) is 14.7. The van der Waals surface area contributed by atoms with Gasteiger partial charge in [-0.15, -0.1) is 0 Å². The van der Waals surface area contributed by atoms with Crippen molar-refractivity contribution >= 4 is 27.3 Å². The molecule has 1 aliphatic heterocycles. The molecule has 0 radical (unpaired) electrons. The summed E-state index contributed by atoms with van der Waals surface area (Å²) in [5, 5.41) is 19.9. The van der Waals surface area contributed by atoms with Crippen LogP contribution in [0.4, 0.5) is 11.4 Å². The van der Waals surface area contributed by atoms with Crippen molar-refractivity contribution in [2.45, 2.75) is 19.4 Å². The van der Waals surface area contributed by atoms with Crippen molar-refractivity contribution in [1.82, 2.24) is 4.90 Å². The van der Waals surface area contributed by atoms with Gasteiger partial charge in [0.15, 0.2) is 0 Å². The lowest BCUT2D eigenvalue weighted by Gasteiger charge is -2.41. The van der Waals surface area contributed by atoms with Gasteiger partial charge in [-0.2, -0.15) is 5.26 Å². The van der Waals surface area contributed by atoms with Gasteiger partial charge in [-0.05, 0) is 35.8 Å². The standard InChI is InChI=1S/C14H17BrN4O2/c1-14(2,10-16)18-7-5-17(6-8-18)13-4-3-11(19(20)21)9-12(13)15/h3-4,9H,5-8H2,1-2H3. The largest absolute Gasteiger partial charge is 0.368 e. The number of nitriles is 1. The third-order valence-corrected chi connectivity index (χ3v) is 4.46. The Labute approximate surface area is 132 Å². The van der Waals surface area contributed by atoms with E-state index < -0.39 is 10.5 Å². The molecule has 0 amide bonds. The monoisotopic (exact) mass is 352 g/mol. The Hall–Kier alpha value is -1.65. The molecular formula is C14H17BrN4O2. The number of nitro benzene ring substituents is 1.